The van der Waals surface area contributed by atoms with Gasteiger partial charge in [-0.25, -0.2) is 4.98 Å². The zero-order chi connectivity index (χ0) is 34.3. The first-order chi connectivity index (χ1) is 22.9. The number of hydrogen-bond acceptors (Lipinski definition) is 11. The number of nitrogen functional groups attached to an aromatic ring is 1. The molecule has 2 aliphatic heterocycles. The van der Waals surface area contributed by atoms with Gasteiger partial charge in [-0.15, -0.1) is 11.3 Å². The van der Waals surface area contributed by atoms with Crippen molar-refractivity contribution in [3.05, 3.63) is 47.0 Å². The Kier molecular flexibility index (Phi) is 12.9. The van der Waals surface area contributed by atoms with E-state index in [4.69, 9.17) is 15.2 Å². The molecule has 1 saturated carbocycles. The van der Waals surface area contributed by atoms with Crippen molar-refractivity contribution in [2.75, 3.05) is 32.0 Å². The molecule has 0 bridgehead atoms. The summed E-state index contributed by atoms with van der Waals surface area (Å²) in [5.74, 6) is -2.11. The fourth-order valence-electron chi connectivity index (χ4n) is 7.06. The van der Waals surface area contributed by atoms with Crippen molar-refractivity contribution in [1.82, 2.24) is 24.6 Å². The Morgan fingerprint density at radius 1 is 1.17 bits per heavy atom. The van der Waals surface area contributed by atoms with Crippen LogP contribution in [0.1, 0.15) is 70.1 Å². The van der Waals surface area contributed by atoms with E-state index in [0.29, 0.717) is 29.6 Å². The maximum atomic E-state index is 14.2. The van der Waals surface area contributed by atoms with Crippen LogP contribution in [-0.2, 0) is 37.3 Å². The van der Waals surface area contributed by atoms with E-state index < -0.39 is 46.3 Å². The lowest BCUT2D eigenvalue weighted by Crippen LogP contribution is -2.64. The predicted octanol–water partition coefficient (Wildman–Crippen LogP) is 1.91. The monoisotopic (exact) mass is 708 g/mol. The van der Waals surface area contributed by atoms with Gasteiger partial charge in [0.05, 0.1) is 25.0 Å². The van der Waals surface area contributed by atoms with Gasteiger partial charge in [0.25, 0.3) is 10.2 Å². The molecule has 2 saturated heterocycles. The van der Waals surface area contributed by atoms with Gasteiger partial charge >= 0.3 is 0 Å². The van der Waals surface area contributed by atoms with Gasteiger partial charge < -0.3 is 30.7 Å². The Hall–Kier alpha value is -2.21. The number of thiazole rings is 1. The first-order valence-electron chi connectivity index (χ1n) is 17.2. The van der Waals surface area contributed by atoms with E-state index >= 15 is 0 Å². The van der Waals surface area contributed by atoms with Gasteiger partial charge in [-0.2, -0.15) is 17.4 Å². The second kappa shape index (κ2) is 16.7. The molecular weight excluding hydrogens is 657 g/mol. The highest BCUT2D eigenvalue weighted by molar-refractivity contribution is 7.87. The molecule has 5 rings (SSSR count). The average molecular weight is 709 g/mol. The van der Waals surface area contributed by atoms with Gasteiger partial charge in [-0.3, -0.25) is 10.1 Å². The van der Waals surface area contributed by atoms with Gasteiger partial charge in [0, 0.05) is 30.9 Å². The maximum Gasteiger partial charge on any atom is 0.280 e. The molecule has 2 aromatic rings. The molecule has 6 atom stereocenters. The van der Waals surface area contributed by atoms with Crippen molar-refractivity contribution in [3.8, 4) is 0 Å². The second-order valence-electron chi connectivity index (χ2n) is 13.8. The zero-order valence-electron chi connectivity index (χ0n) is 27.9. The molecule has 3 aliphatic rings. The Labute approximate surface area is 288 Å². The highest BCUT2D eigenvalue weighted by Gasteiger charge is 2.53. The van der Waals surface area contributed by atoms with E-state index in [1.165, 1.54) is 22.1 Å². The van der Waals surface area contributed by atoms with E-state index in [1.54, 1.807) is 5.38 Å². The zero-order valence-corrected chi connectivity index (χ0v) is 29.6. The summed E-state index contributed by atoms with van der Waals surface area (Å²) in [6.07, 6.45) is 5.38. The minimum atomic E-state index is -4.06. The average Bonchev–Trinajstić information content (AvgIpc) is 3.63. The number of nitrogens with zero attached hydrogens (tertiary/aromatic N) is 2. The number of morpholine rings is 1. The van der Waals surface area contributed by atoms with Crippen LogP contribution in [0.15, 0.2) is 35.7 Å². The van der Waals surface area contributed by atoms with Crippen molar-refractivity contribution in [2.45, 2.75) is 108 Å². The third-order valence-corrected chi connectivity index (χ3v) is 11.8. The van der Waals surface area contributed by atoms with E-state index in [9.17, 15) is 23.4 Å². The van der Waals surface area contributed by atoms with Gasteiger partial charge in [-0.05, 0) is 36.7 Å². The van der Waals surface area contributed by atoms with Crippen LogP contribution in [0.5, 0.6) is 0 Å². The largest absolute Gasteiger partial charge is 0.390 e. The van der Waals surface area contributed by atoms with Crippen LogP contribution in [0.2, 0.25) is 0 Å². The summed E-state index contributed by atoms with van der Waals surface area (Å²) in [6, 6.07) is 6.45. The second-order valence-corrected chi connectivity index (χ2v) is 16.4. The van der Waals surface area contributed by atoms with Gasteiger partial charge in [0.2, 0.25) is 11.8 Å². The van der Waals surface area contributed by atoms with Crippen LogP contribution in [0.4, 0.5) is 5.13 Å². The molecule has 1 amide bonds. The summed E-state index contributed by atoms with van der Waals surface area (Å²) in [5.41, 5.74) is 7.22. The van der Waals surface area contributed by atoms with Crippen molar-refractivity contribution in [1.29, 1.82) is 0 Å². The van der Waals surface area contributed by atoms with Crippen LogP contribution < -0.4 is 21.1 Å². The fraction of sp³-hybridized carbons (Fsp3) is 0.697. The lowest BCUT2D eigenvalue weighted by atomic mass is 9.82. The minimum absolute atomic E-state index is 0.0420. The van der Waals surface area contributed by atoms with Gasteiger partial charge in [0.1, 0.15) is 18.2 Å². The predicted molar refractivity (Wildman–Crippen MR) is 184 cm³/mol. The van der Waals surface area contributed by atoms with E-state index in [-0.39, 0.29) is 51.1 Å². The Balaban J connectivity index is 1.42. The number of carbonyl (C=O) groups is 1. The number of aliphatic hydroxyl groups excluding tert-OH is 1. The molecule has 1 aromatic carbocycles. The number of nitrogens with one attached hydrogen (secondary N) is 3. The molecule has 48 heavy (non-hydrogen) atoms. The Bertz CT molecular complexity index is 1420. The summed E-state index contributed by atoms with van der Waals surface area (Å²) in [7, 11) is -4.06. The molecule has 7 N–H and O–H groups in total. The molecule has 1 aliphatic carbocycles. The maximum absolute atomic E-state index is 14.2. The number of ether oxygens (including phenoxy) is 2. The number of amides is 1. The van der Waals surface area contributed by atoms with Crippen LogP contribution in [-0.4, -0.2) is 96.4 Å². The molecular formula is C33H52N6O7S2. The number of benzene rings is 1. The fourth-order valence-corrected chi connectivity index (χ4v) is 8.96. The normalized spacial score (nSPS) is 26.4. The van der Waals surface area contributed by atoms with Crippen molar-refractivity contribution >= 4 is 32.6 Å². The van der Waals surface area contributed by atoms with Crippen molar-refractivity contribution < 1.29 is 32.9 Å². The number of nitrogens with two attached hydrogens (primary N) is 1. The van der Waals surface area contributed by atoms with Crippen LogP contribution in [0, 0.1) is 11.8 Å². The number of aliphatic hydroxyl groups is 2. The molecule has 1 unspecified atom stereocenters. The molecule has 13 nitrogen and oxygen atoms in total. The number of anilines is 1. The number of aromatic nitrogens is 1. The Morgan fingerprint density at radius 2 is 1.88 bits per heavy atom. The lowest BCUT2D eigenvalue weighted by Gasteiger charge is -2.34. The van der Waals surface area contributed by atoms with Crippen molar-refractivity contribution in [3.63, 3.8) is 0 Å². The molecule has 3 heterocycles. The number of rotatable bonds is 15. The molecule has 15 heteroatoms. The first-order valence-corrected chi connectivity index (χ1v) is 19.5. The molecule has 3 fully saturated rings. The third-order valence-electron chi connectivity index (χ3n) is 9.48. The number of hydrogen-bond donors (Lipinski definition) is 6. The van der Waals surface area contributed by atoms with Gasteiger partial charge in [-0.1, -0.05) is 76.3 Å². The smallest absolute Gasteiger partial charge is 0.280 e. The summed E-state index contributed by atoms with van der Waals surface area (Å²) in [5, 5.41) is 31.9. The van der Waals surface area contributed by atoms with E-state index in [0.717, 1.165) is 31.2 Å². The minimum Gasteiger partial charge on any atom is -0.390 e. The topological polar surface area (TPSA) is 188 Å². The summed E-state index contributed by atoms with van der Waals surface area (Å²) < 4.78 is 42.5. The van der Waals surface area contributed by atoms with E-state index in [1.807, 2.05) is 44.2 Å². The van der Waals surface area contributed by atoms with Crippen LogP contribution in [0.25, 0.3) is 0 Å². The summed E-state index contributed by atoms with van der Waals surface area (Å²) >= 11 is 1.24. The van der Waals surface area contributed by atoms with Gasteiger partial charge in [0.15, 0.2) is 5.13 Å². The molecule has 0 radical (unpaired) electrons. The third kappa shape index (κ3) is 9.94. The van der Waals surface area contributed by atoms with Crippen LogP contribution in [0.3, 0.4) is 0 Å². The summed E-state index contributed by atoms with van der Waals surface area (Å²) in [6.45, 7) is 4.91. The molecule has 268 valence electrons. The summed E-state index contributed by atoms with van der Waals surface area (Å²) in [4.78, 5) is 18.6. The molecule has 0 spiro atoms. The van der Waals surface area contributed by atoms with E-state index in [2.05, 4.69) is 20.3 Å². The number of carbonyl (C=O) groups excluding carboxylic acids is 1. The lowest BCUT2D eigenvalue weighted by molar-refractivity contribution is -0.235. The van der Waals surface area contributed by atoms with Crippen molar-refractivity contribution in [2.24, 2.45) is 11.8 Å². The molecule has 1 aromatic heterocycles. The first kappa shape index (κ1) is 37.1. The SMILES string of the molecule is CC(C)C[C@H](O)[C@@H]1OC(O)([C@H](Cc2csc(N)n2)NC(=O)[C@H](Cc2ccccc2)NS(=O)(=O)N2CCOCC2)N[C@H]1CC1CCCCC1. The quantitative estimate of drug-likeness (QED) is 0.160. The highest BCUT2D eigenvalue weighted by atomic mass is 32.2. The highest BCUT2D eigenvalue weighted by Crippen LogP contribution is 2.35. The van der Waals surface area contributed by atoms with Crippen LogP contribution >= 0.6 is 11.3 Å². The Morgan fingerprint density at radius 3 is 2.52 bits per heavy atom. The standard InChI is InChI=1S/C33H52N6O7S2/c1-22(2)17-28(40)30-26(18-23-9-5-3-6-10-23)37-33(42,46-30)29(20-25-21-47-32(34)35-25)36-31(41)27(19-24-11-7-4-8-12-24)38-48(43,44)39-13-15-45-16-14-39/h4,7-8,11-12,21-23,26-30,37-38,40,42H,3,5-6,9-10,13-20H2,1-2H3,(H2,34,35)(H,36,41)/t26-,27-,28-,29-,30+,33?/m0/s1.